The van der Waals surface area contributed by atoms with Gasteiger partial charge in [0.25, 0.3) is 0 Å². The van der Waals surface area contributed by atoms with Crippen molar-refractivity contribution < 1.29 is 10.2 Å². The summed E-state index contributed by atoms with van der Waals surface area (Å²) in [6.45, 7) is 0.810. The predicted octanol–water partition coefficient (Wildman–Crippen LogP) is 3.51. The largest absolute Gasteiger partial charge is 0.396 e. The maximum Gasteiger partial charge on any atom is 0.0459 e. The number of aliphatic hydroxyl groups is 2. The monoisotopic (exact) mass is 242 g/mol. The molecular formula is C15H30O2. The minimum Gasteiger partial charge on any atom is -0.396 e. The minimum absolute atomic E-state index is 0.394. The molecule has 2 saturated carbocycles. The van der Waals surface area contributed by atoms with E-state index in [0.29, 0.717) is 19.1 Å². The fraction of sp³-hybridized carbons (Fsp3) is 1.00. The molecule has 0 spiro atoms. The average molecular weight is 242 g/mol. The molecule has 0 unspecified atom stereocenters. The van der Waals surface area contributed by atoms with Crippen LogP contribution in [-0.2, 0) is 0 Å². The Bertz CT molecular complexity index is 156. The lowest BCUT2D eigenvalue weighted by Crippen LogP contribution is -2.09. The van der Waals surface area contributed by atoms with Crippen LogP contribution < -0.4 is 0 Å². The SMILES string of the molecule is OCC1CCCCC1.OCCC1CCCCC1. The zero-order valence-electron chi connectivity index (χ0n) is 11.2. The molecule has 2 aliphatic rings. The Morgan fingerprint density at radius 1 is 0.647 bits per heavy atom. The van der Waals surface area contributed by atoms with Crippen molar-refractivity contribution in [2.24, 2.45) is 11.8 Å². The van der Waals surface area contributed by atoms with Crippen molar-refractivity contribution >= 4 is 0 Å². The highest BCUT2D eigenvalue weighted by Gasteiger charge is 2.11. The van der Waals surface area contributed by atoms with Crippen LogP contribution in [0.5, 0.6) is 0 Å². The van der Waals surface area contributed by atoms with Crippen LogP contribution in [0.3, 0.4) is 0 Å². The van der Waals surface area contributed by atoms with Crippen molar-refractivity contribution in [2.75, 3.05) is 13.2 Å². The van der Waals surface area contributed by atoms with Crippen LogP contribution in [0.2, 0.25) is 0 Å². The van der Waals surface area contributed by atoms with Gasteiger partial charge in [0.15, 0.2) is 0 Å². The molecule has 2 rings (SSSR count). The third-order valence-corrected chi connectivity index (χ3v) is 4.25. The molecule has 17 heavy (non-hydrogen) atoms. The normalized spacial score (nSPS) is 22.9. The fourth-order valence-electron chi connectivity index (χ4n) is 3.03. The summed E-state index contributed by atoms with van der Waals surface area (Å²) < 4.78 is 0. The Kier molecular flexibility index (Phi) is 8.72. The van der Waals surface area contributed by atoms with Crippen molar-refractivity contribution in [3.8, 4) is 0 Å². The summed E-state index contributed by atoms with van der Waals surface area (Å²) in [7, 11) is 0. The molecule has 2 heteroatoms. The molecule has 2 fully saturated rings. The van der Waals surface area contributed by atoms with E-state index >= 15 is 0 Å². The summed E-state index contributed by atoms with van der Waals surface area (Å²) in [5, 5.41) is 17.3. The molecule has 0 aromatic heterocycles. The lowest BCUT2D eigenvalue weighted by molar-refractivity contribution is 0.190. The van der Waals surface area contributed by atoms with Gasteiger partial charge in [0, 0.05) is 13.2 Å². The first-order chi connectivity index (χ1) is 8.36. The molecule has 0 atom stereocenters. The molecule has 0 radical (unpaired) electrons. The van der Waals surface area contributed by atoms with Crippen molar-refractivity contribution in [1.29, 1.82) is 0 Å². The first-order valence-electron chi connectivity index (χ1n) is 7.58. The predicted molar refractivity (Wildman–Crippen MR) is 71.9 cm³/mol. The van der Waals surface area contributed by atoms with E-state index in [2.05, 4.69) is 0 Å². The standard InChI is InChI=1S/C8H16O.C7H14O/c9-7-6-8-4-2-1-3-5-8;8-6-7-4-2-1-3-5-7/h8-9H,1-7H2;7-8H,1-6H2. The number of hydrogen-bond acceptors (Lipinski definition) is 2. The zero-order valence-corrected chi connectivity index (χ0v) is 11.2. The van der Waals surface area contributed by atoms with E-state index in [9.17, 15) is 0 Å². The Labute approximate surface area is 106 Å². The lowest BCUT2D eigenvalue weighted by atomic mass is 9.87. The topological polar surface area (TPSA) is 40.5 Å². The van der Waals surface area contributed by atoms with Gasteiger partial charge >= 0.3 is 0 Å². The molecule has 0 bridgehead atoms. The van der Waals surface area contributed by atoms with Gasteiger partial charge in [-0.3, -0.25) is 0 Å². The van der Waals surface area contributed by atoms with Crippen molar-refractivity contribution in [1.82, 2.24) is 0 Å². The Morgan fingerprint density at radius 2 is 1.12 bits per heavy atom. The summed E-state index contributed by atoms with van der Waals surface area (Å²) in [4.78, 5) is 0. The number of rotatable bonds is 3. The Balaban J connectivity index is 0.000000171. The van der Waals surface area contributed by atoms with E-state index in [1.165, 1.54) is 64.2 Å². The summed E-state index contributed by atoms with van der Waals surface area (Å²) in [6, 6.07) is 0. The second-order valence-corrected chi connectivity index (χ2v) is 5.70. The van der Waals surface area contributed by atoms with Gasteiger partial charge in [0.2, 0.25) is 0 Å². The highest BCUT2D eigenvalue weighted by atomic mass is 16.3. The van der Waals surface area contributed by atoms with E-state index in [1.807, 2.05) is 0 Å². The van der Waals surface area contributed by atoms with Crippen molar-refractivity contribution in [2.45, 2.75) is 70.6 Å². The quantitative estimate of drug-likeness (QED) is 0.795. The maximum atomic E-state index is 8.69. The van der Waals surface area contributed by atoms with Gasteiger partial charge in [-0.25, -0.2) is 0 Å². The molecule has 0 saturated heterocycles. The average Bonchev–Trinajstić information content (AvgIpc) is 2.42. The van der Waals surface area contributed by atoms with Gasteiger partial charge in [-0.2, -0.15) is 0 Å². The van der Waals surface area contributed by atoms with Crippen molar-refractivity contribution in [3.05, 3.63) is 0 Å². The van der Waals surface area contributed by atoms with E-state index < -0.39 is 0 Å². The summed E-state index contributed by atoms with van der Waals surface area (Å²) in [6.07, 6.45) is 14.6. The number of aliphatic hydroxyl groups excluding tert-OH is 2. The third kappa shape index (κ3) is 7.05. The smallest absolute Gasteiger partial charge is 0.0459 e. The van der Waals surface area contributed by atoms with Crippen LogP contribution >= 0.6 is 0 Å². The molecular weight excluding hydrogens is 212 g/mol. The van der Waals surface area contributed by atoms with Gasteiger partial charge in [0.05, 0.1) is 0 Å². The molecule has 102 valence electrons. The van der Waals surface area contributed by atoms with Crippen LogP contribution in [0.15, 0.2) is 0 Å². The molecule has 2 nitrogen and oxygen atoms in total. The van der Waals surface area contributed by atoms with E-state index in [1.54, 1.807) is 0 Å². The van der Waals surface area contributed by atoms with E-state index in [4.69, 9.17) is 10.2 Å². The lowest BCUT2D eigenvalue weighted by Gasteiger charge is -2.19. The molecule has 0 aromatic carbocycles. The minimum atomic E-state index is 0.394. The zero-order chi connectivity index (χ0) is 12.3. The van der Waals surface area contributed by atoms with Gasteiger partial charge in [-0.05, 0) is 31.1 Å². The first kappa shape index (κ1) is 15.0. The molecule has 2 aliphatic carbocycles. The molecule has 0 heterocycles. The van der Waals surface area contributed by atoms with Crippen LogP contribution in [0.4, 0.5) is 0 Å². The maximum absolute atomic E-state index is 8.69. The van der Waals surface area contributed by atoms with Gasteiger partial charge < -0.3 is 10.2 Å². The number of hydrogen-bond donors (Lipinski definition) is 2. The fourth-order valence-corrected chi connectivity index (χ4v) is 3.03. The first-order valence-corrected chi connectivity index (χ1v) is 7.58. The van der Waals surface area contributed by atoms with Crippen LogP contribution in [0, 0.1) is 11.8 Å². The summed E-state index contributed by atoms with van der Waals surface area (Å²) in [5.41, 5.74) is 0. The second-order valence-electron chi connectivity index (χ2n) is 5.70. The second kappa shape index (κ2) is 9.90. The van der Waals surface area contributed by atoms with Gasteiger partial charge in [-0.1, -0.05) is 51.4 Å². The summed E-state index contributed by atoms with van der Waals surface area (Å²) >= 11 is 0. The van der Waals surface area contributed by atoms with Crippen LogP contribution in [-0.4, -0.2) is 23.4 Å². The third-order valence-electron chi connectivity index (χ3n) is 4.25. The Hall–Kier alpha value is -0.0800. The highest BCUT2D eigenvalue weighted by molar-refractivity contribution is 4.64. The van der Waals surface area contributed by atoms with E-state index in [0.717, 1.165) is 12.3 Å². The van der Waals surface area contributed by atoms with Gasteiger partial charge in [0.1, 0.15) is 0 Å². The summed E-state index contributed by atoms with van der Waals surface area (Å²) in [5.74, 6) is 1.49. The molecule has 0 amide bonds. The molecule has 0 aromatic rings. The highest BCUT2D eigenvalue weighted by Crippen LogP contribution is 2.25. The van der Waals surface area contributed by atoms with Crippen LogP contribution in [0.25, 0.3) is 0 Å². The Morgan fingerprint density at radius 3 is 1.47 bits per heavy atom. The van der Waals surface area contributed by atoms with Crippen molar-refractivity contribution in [3.63, 3.8) is 0 Å². The van der Waals surface area contributed by atoms with E-state index in [-0.39, 0.29) is 0 Å². The van der Waals surface area contributed by atoms with Crippen LogP contribution in [0.1, 0.15) is 70.6 Å². The molecule has 2 N–H and O–H groups in total. The molecule has 0 aliphatic heterocycles. The van der Waals surface area contributed by atoms with Gasteiger partial charge in [-0.15, -0.1) is 0 Å².